The number of H-pyrrole nitrogens is 1. The van der Waals surface area contributed by atoms with Gasteiger partial charge in [-0.3, -0.25) is 14.7 Å². The van der Waals surface area contributed by atoms with Crippen molar-refractivity contribution in [1.29, 1.82) is 0 Å². The minimum Gasteiger partial charge on any atom is -0.444 e. The molecule has 0 radical (unpaired) electrons. The maximum atomic E-state index is 12.4. The molecule has 0 aliphatic carbocycles. The zero-order valence-corrected chi connectivity index (χ0v) is 18.6. The van der Waals surface area contributed by atoms with Crippen LogP contribution in [-0.2, 0) is 17.7 Å². The summed E-state index contributed by atoms with van der Waals surface area (Å²) in [4.78, 5) is 33.0. The number of nitrogen functional groups attached to an aromatic ring is 1. The normalized spacial score (nSPS) is 19.3. The minimum atomic E-state index is -0.534. The van der Waals surface area contributed by atoms with Gasteiger partial charge in [-0.25, -0.2) is 9.78 Å². The third-order valence-corrected chi connectivity index (χ3v) is 5.29. The number of anilines is 1. The minimum absolute atomic E-state index is 0.00997. The number of alkyl carbamates (subject to hydrolysis) is 1. The lowest BCUT2D eigenvalue weighted by Crippen LogP contribution is -2.43. The number of aryl methyl sites for hydroxylation is 1. The number of aromatic nitrogens is 2. The summed E-state index contributed by atoms with van der Waals surface area (Å²) in [7, 11) is 0. The number of rotatable bonds is 7. The first kappa shape index (κ1) is 22.8. The molecule has 1 aliphatic heterocycles. The first-order chi connectivity index (χ1) is 14.7. The maximum absolute atomic E-state index is 12.4. The van der Waals surface area contributed by atoms with Crippen molar-refractivity contribution in [2.75, 3.05) is 18.8 Å². The molecule has 1 aliphatic rings. The van der Waals surface area contributed by atoms with Crippen LogP contribution in [0.15, 0.2) is 41.2 Å². The number of carbonyl (C=O) groups excluding carboxylic acids is 1. The van der Waals surface area contributed by atoms with Gasteiger partial charge in [-0.15, -0.1) is 0 Å². The summed E-state index contributed by atoms with van der Waals surface area (Å²) in [5.41, 5.74) is 6.81. The third-order valence-electron chi connectivity index (χ3n) is 5.29. The second-order valence-electron chi connectivity index (χ2n) is 9.21. The molecule has 8 nitrogen and oxygen atoms in total. The first-order valence-corrected chi connectivity index (χ1v) is 10.8. The van der Waals surface area contributed by atoms with Crippen molar-refractivity contribution < 1.29 is 9.53 Å². The number of aromatic amines is 1. The van der Waals surface area contributed by atoms with Gasteiger partial charge in [0.25, 0.3) is 5.56 Å². The smallest absolute Gasteiger partial charge is 0.407 e. The largest absolute Gasteiger partial charge is 0.444 e. The Morgan fingerprint density at radius 1 is 1.29 bits per heavy atom. The number of likely N-dealkylation sites (tertiary alicyclic amines) is 1. The van der Waals surface area contributed by atoms with Gasteiger partial charge in [0.1, 0.15) is 5.60 Å². The third kappa shape index (κ3) is 7.40. The van der Waals surface area contributed by atoms with Gasteiger partial charge in [-0.2, -0.15) is 0 Å². The highest BCUT2D eigenvalue weighted by atomic mass is 16.6. The van der Waals surface area contributed by atoms with Crippen LogP contribution in [0, 0.1) is 5.92 Å². The zero-order valence-electron chi connectivity index (χ0n) is 18.6. The van der Waals surface area contributed by atoms with Crippen molar-refractivity contribution in [3.8, 4) is 0 Å². The lowest BCUT2D eigenvalue weighted by molar-refractivity contribution is 0.0494. The van der Waals surface area contributed by atoms with E-state index in [9.17, 15) is 9.59 Å². The number of nitrogens with two attached hydrogens (primary N) is 1. The van der Waals surface area contributed by atoms with E-state index in [4.69, 9.17) is 10.5 Å². The quantitative estimate of drug-likeness (QED) is 0.626. The SMILES string of the molecule is CC(C)(C)OC(=O)N[C@H]1CN(Cc2ccccc2)C[C@H]1CCCc1cc(=O)[nH]c(N)n1. The van der Waals surface area contributed by atoms with Crippen LogP contribution in [-0.4, -0.2) is 45.7 Å². The average molecular weight is 428 g/mol. The number of hydrogen-bond acceptors (Lipinski definition) is 6. The summed E-state index contributed by atoms with van der Waals surface area (Å²) in [6.45, 7) is 8.09. The monoisotopic (exact) mass is 427 g/mol. The second-order valence-corrected chi connectivity index (χ2v) is 9.21. The number of amides is 1. The molecular weight excluding hydrogens is 394 g/mol. The van der Waals surface area contributed by atoms with E-state index in [-0.39, 0.29) is 29.6 Å². The summed E-state index contributed by atoms with van der Waals surface area (Å²) in [6.07, 6.45) is 2.04. The van der Waals surface area contributed by atoms with E-state index in [0.717, 1.165) is 32.5 Å². The van der Waals surface area contributed by atoms with Crippen molar-refractivity contribution >= 4 is 12.0 Å². The van der Waals surface area contributed by atoms with Gasteiger partial charge < -0.3 is 15.8 Å². The van der Waals surface area contributed by atoms with Gasteiger partial charge in [0.15, 0.2) is 0 Å². The Hall–Kier alpha value is -2.87. The molecule has 0 bridgehead atoms. The molecule has 0 unspecified atom stereocenters. The van der Waals surface area contributed by atoms with E-state index in [0.29, 0.717) is 12.1 Å². The van der Waals surface area contributed by atoms with Crippen molar-refractivity contribution in [3.05, 3.63) is 58.0 Å². The fourth-order valence-electron chi connectivity index (χ4n) is 4.05. The van der Waals surface area contributed by atoms with E-state index in [2.05, 4.69) is 32.3 Å². The van der Waals surface area contributed by atoms with Crippen LogP contribution in [0.25, 0.3) is 0 Å². The van der Waals surface area contributed by atoms with Crippen molar-refractivity contribution in [2.45, 2.75) is 58.2 Å². The van der Waals surface area contributed by atoms with Gasteiger partial charge in [0.2, 0.25) is 5.95 Å². The van der Waals surface area contributed by atoms with E-state index in [1.54, 1.807) is 0 Å². The van der Waals surface area contributed by atoms with Crippen LogP contribution in [0.3, 0.4) is 0 Å². The molecule has 31 heavy (non-hydrogen) atoms. The molecule has 2 atom stereocenters. The van der Waals surface area contributed by atoms with Gasteiger partial charge >= 0.3 is 6.09 Å². The molecular formula is C23H33N5O3. The van der Waals surface area contributed by atoms with Crippen LogP contribution in [0.1, 0.15) is 44.9 Å². The molecule has 168 valence electrons. The molecule has 1 aromatic heterocycles. The van der Waals surface area contributed by atoms with Crippen LogP contribution in [0.2, 0.25) is 0 Å². The van der Waals surface area contributed by atoms with Gasteiger partial charge in [-0.05, 0) is 51.5 Å². The molecule has 1 aromatic carbocycles. The number of benzene rings is 1. The van der Waals surface area contributed by atoms with Gasteiger partial charge in [0.05, 0.1) is 0 Å². The summed E-state index contributed by atoms with van der Waals surface area (Å²) in [5.74, 6) is 0.428. The molecule has 1 amide bonds. The Bertz CT molecular complexity index is 923. The summed E-state index contributed by atoms with van der Waals surface area (Å²) >= 11 is 0. The Kier molecular flexibility index (Phi) is 7.33. The van der Waals surface area contributed by atoms with Crippen LogP contribution in [0.5, 0.6) is 0 Å². The number of carbonyl (C=O) groups is 1. The first-order valence-electron chi connectivity index (χ1n) is 10.8. The molecule has 1 saturated heterocycles. The number of hydrogen-bond donors (Lipinski definition) is 3. The number of nitrogens with zero attached hydrogens (tertiary/aromatic N) is 2. The van der Waals surface area contributed by atoms with Crippen molar-refractivity contribution in [1.82, 2.24) is 20.2 Å². The summed E-state index contributed by atoms with van der Waals surface area (Å²) < 4.78 is 5.47. The van der Waals surface area contributed by atoms with Crippen molar-refractivity contribution in [3.63, 3.8) is 0 Å². The maximum Gasteiger partial charge on any atom is 0.407 e. The zero-order chi connectivity index (χ0) is 22.4. The van der Waals surface area contributed by atoms with Crippen LogP contribution < -0.4 is 16.6 Å². The molecule has 0 saturated carbocycles. The van der Waals surface area contributed by atoms with Crippen LogP contribution >= 0.6 is 0 Å². The van der Waals surface area contributed by atoms with E-state index in [1.165, 1.54) is 11.6 Å². The molecule has 2 heterocycles. The van der Waals surface area contributed by atoms with E-state index < -0.39 is 5.60 Å². The topological polar surface area (TPSA) is 113 Å². The Morgan fingerprint density at radius 2 is 2.03 bits per heavy atom. The van der Waals surface area contributed by atoms with E-state index >= 15 is 0 Å². The summed E-state index contributed by atoms with van der Waals surface area (Å²) in [5, 5.41) is 3.07. The molecule has 2 aromatic rings. The predicted molar refractivity (Wildman–Crippen MR) is 121 cm³/mol. The Morgan fingerprint density at radius 3 is 2.71 bits per heavy atom. The van der Waals surface area contributed by atoms with Crippen molar-refractivity contribution in [2.24, 2.45) is 5.92 Å². The molecule has 4 N–H and O–H groups in total. The molecule has 3 rings (SSSR count). The lowest BCUT2D eigenvalue weighted by atomic mass is 9.96. The van der Waals surface area contributed by atoms with E-state index in [1.807, 2.05) is 39.0 Å². The highest BCUT2D eigenvalue weighted by Crippen LogP contribution is 2.25. The molecule has 1 fully saturated rings. The molecule has 0 spiro atoms. The lowest BCUT2D eigenvalue weighted by Gasteiger charge is -2.24. The van der Waals surface area contributed by atoms with Gasteiger partial charge in [-0.1, -0.05) is 30.3 Å². The highest BCUT2D eigenvalue weighted by Gasteiger charge is 2.34. The number of nitrogens with one attached hydrogen (secondary N) is 2. The Labute approximate surface area is 183 Å². The van der Waals surface area contributed by atoms with Gasteiger partial charge in [0, 0.05) is 37.4 Å². The highest BCUT2D eigenvalue weighted by molar-refractivity contribution is 5.68. The predicted octanol–water partition coefficient (Wildman–Crippen LogP) is 2.70. The fourth-order valence-corrected chi connectivity index (χ4v) is 4.05. The average Bonchev–Trinajstić information content (AvgIpc) is 3.01. The molecule has 8 heteroatoms. The Balaban J connectivity index is 1.61. The standard InChI is InChI=1S/C23H33N5O3/c1-23(2,3)31-22(30)26-19-15-28(13-16-8-5-4-6-9-16)14-17(19)10-7-11-18-12-20(29)27-21(24)25-18/h4-6,8-9,12,17,19H,7,10-11,13-15H2,1-3H3,(H,26,30)(H3,24,25,27,29)/t17-,19+/m1/s1. The number of ether oxygens (including phenoxy) is 1. The van der Waals surface area contributed by atoms with Crippen LogP contribution in [0.4, 0.5) is 10.7 Å². The summed E-state index contributed by atoms with van der Waals surface area (Å²) in [6, 6.07) is 11.8. The second kappa shape index (κ2) is 9.96. The fraction of sp³-hybridized carbons (Fsp3) is 0.522.